The molecule has 7 nitrogen and oxygen atoms in total. The van der Waals surface area contributed by atoms with Crippen LogP contribution in [0.15, 0.2) is 35.9 Å². The lowest BCUT2D eigenvalue weighted by Crippen LogP contribution is -2.21. The fourth-order valence-corrected chi connectivity index (χ4v) is 3.45. The number of hydrogen-bond donors (Lipinski definition) is 3. The number of Topliss-reactive ketones (excluding diaryl/α,β-unsaturated/α-hetero) is 1. The average molecular weight is 412 g/mol. The monoisotopic (exact) mass is 412 g/mol. The van der Waals surface area contributed by atoms with Crippen LogP contribution in [0.25, 0.3) is 0 Å². The van der Waals surface area contributed by atoms with Crippen LogP contribution in [-0.4, -0.2) is 34.5 Å². The summed E-state index contributed by atoms with van der Waals surface area (Å²) in [5.41, 5.74) is 1.85. The number of benzene rings is 2. The Bertz CT molecular complexity index is 1010. The van der Waals surface area contributed by atoms with Gasteiger partial charge in [-0.25, -0.2) is 0 Å². The van der Waals surface area contributed by atoms with Crippen LogP contribution in [0.5, 0.6) is 28.7 Å². The van der Waals surface area contributed by atoms with Crippen molar-refractivity contribution in [2.24, 2.45) is 0 Å². The van der Waals surface area contributed by atoms with E-state index in [9.17, 15) is 24.9 Å². The third-order valence-corrected chi connectivity index (χ3v) is 5.15. The lowest BCUT2D eigenvalue weighted by atomic mass is 9.92. The van der Waals surface area contributed by atoms with Crippen LogP contribution in [-0.2, 0) is 11.2 Å². The number of phenolic OH excluding ortho intramolecular Hbond substituents is 3. The summed E-state index contributed by atoms with van der Waals surface area (Å²) in [6.07, 6.45) is 3.21. The first-order valence-corrected chi connectivity index (χ1v) is 9.59. The summed E-state index contributed by atoms with van der Waals surface area (Å²) in [5.74, 6) is -0.455. The largest absolute Gasteiger partial charge is 0.507 e. The van der Waals surface area contributed by atoms with E-state index in [-0.39, 0.29) is 58.5 Å². The molecule has 1 unspecified atom stereocenters. The Balaban J connectivity index is 1.90. The molecule has 7 heteroatoms. The van der Waals surface area contributed by atoms with E-state index in [1.54, 1.807) is 12.1 Å². The molecule has 3 N–H and O–H groups in total. The molecule has 2 aromatic rings. The summed E-state index contributed by atoms with van der Waals surface area (Å²) in [7, 11) is 1.42. The van der Waals surface area contributed by atoms with Gasteiger partial charge in [-0.1, -0.05) is 17.7 Å². The fourth-order valence-electron chi connectivity index (χ4n) is 3.45. The smallest absolute Gasteiger partial charge is 0.174 e. The Labute approximate surface area is 174 Å². The van der Waals surface area contributed by atoms with Crippen molar-refractivity contribution in [3.05, 3.63) is 52.6 Å². The third-order valence-electron chi connectivity index (χ3n) is 5.15. The Morgan fingerprint density at radius 3 is 2.70 bits per heavy atom. The first kappa shape index (κ1) is 21.2. The van der Waals surface area contributed by atoms with Crippen molar-refractivity contribution in [2.75, 3.05) is 7.11 Å². The zero-order chi connectivity index (χ0) is 21.8. The van der Waals surface area contributed by atoms with Crippen LogP contribution in [0.3, 0.4) is 0 Å². The molecule has 0 amide bonds. The first-order chi connectivity index (χ1) is 14.3. The van der Waals surface area contributed by atoms with Gasteiger partial charge in [0.15, 0.2) is 17.3 Å². The second-order valence-corrected chi connectivity index (χ2v) is 7.22. The van der Waals surface area contributed by atoms with Gasteiger partial charge in [0.2, 0.25) is 0 Å². The summed E-state index contributed by atoms with van der Waals surface area (Å²) in [6.45, 7) is 1.86. The van der Waals surface area contributed by atoms with Gasteiger partial charge in [-0.2, -0.15) is 0 Å². The predicted octanol–water partition coefficient (Wildman–Crippen LogP) is 3.99. The quantitative estimate of drug-likeness (QED) is 0.465. The maximum absolute atomic E-state index is 12.8. The minimum absolute atomic E-state index is 0.00704. The van der Waals surface area contributed by atoms with Gasteiger partial charge in [-0.3, -0.25) is 4.79 Å². The number of aromatic hydroxyl groups is 3. The number of aldehydes is 1. The summed E-state index contributed by atoms with van der Waals surface area (Å²) >= 11 is 0. The first-order valence-electron chi connectivity index (χ1n) is 9.59. The molecule has 0 aromatic heterocycles. The van der Waals surface area contributed by atoms with E-state index in [1.807, 2.05) is 13.0 Å². The SMILES string of the molecule is COc1cc(C2CC(=O)c3c(cc(O)c(CC=C(C)CCC=O)c3O)O2)ccc1O. The van der Waals surface area contributed by atoms with Crippen molar-refractivity contribution in [1.29, 1.82) is 0 Å². The predicted molar refractivity (Wildman–Crippen MR) is 110 cm³/mol. The minimum atomic E-state index is -0.644. The summed E-state index contributed by atoms with van der Waals surface area (Å²) < 4.78 is 11.0. The van der Waals surface area contributed by atoms with E-state index in [0.717, 1.165) is 11.9 Å². The number of carbonyl (C=O) groups is 2. The van der Waals surface area contributed by atoms with Crippen LogP contribution in [0.2, 0.25) is 0 Å². The number of methoxy groups -OCH3 is 1. The molecule has 0 spiro atoms. The van der Waals surface area contributed by atoms with Gasteiger partial charge in [0.1, 0.15) is 35.2 Å². The van der Waals surface area contributed by atoms with Crippen LogP contribution in [0, 0.1) is 0 Å². The summed E-state index contributed by atoms with van der Waals surface area (Å²) in [4.78, 5) is 23.3. The Hall–Kier alpha value is -3.48. The van der Waals surface area contributed by atoms with E-state index in [2.05, 4.69) is 0 Å². The van der Waals surface area contributed by atoms with Gasteiger partial charge in [-0.05, 0) is 37.5 Å². The van der Waals surface area contributed by atoms with Crippen LogP contribution in [0.1, 0.15) is 53.8 Å². The van der Waals surface area contributed by atoms with E-state index in [0.29, 0.717) is 18.4 Å². The van der Waals surface area contributed by atoms with Crippen molar-refractivity contribution in [3.63, 3.8) is 0 Å². The number of hydrogen-bond acceptors (Lipinski definition) is 7. The van der Waals surface area contributed by atoms with Crippen molar-refractivity contribution < 1.29 is 34.4 Å². The minimum Gasteiger partial charge on any atom is -0.507 e. The Morgan fingerprint density at radius 2 is 2.00 bits per heavy atom. The van der Waals surface area contributed by atoms with E-state index in [1.165, 1.54) is 19.2 Å². The van der Waals surface area contributed by atoms with Crippen molar-refractivity contribution in [2.45, 2.75) is 38.7 Å². The lowest BCUT2D eigenvalue weighted by molar-refractivity contribution is -0.107. The molecule has 158 valence electrons. The molecule has 1 heterocycles. The summed E-state index contributed by atoms with van der Waals surface area (Å²) in [6, 6.07) is 6.00. The molecule has 1 aliphatic rings. The van der Waals surface area contributed by atoms with E-state index >= 15 is 0 Å². The lowest BCUT2D eigenvalue weighted by Gasteiger charge is -2.27. The van der Waals surface area contributed by atoms with Crippen LogP contribution in [0.4, 0.5) is 0 Å². The maximum atomic E-state index is 12.8. The molecule has 0 aliphatic carbocycles. The van der Waals surface area contributed by atoms with Crippen LogP contribution >= 0.6 is 0 Å². The van der Waals surface area contributed by atoms with Gasteiger partial charge in [0, 0.05) is 18.1 Å². The highest BCUT2D eigenvalue weighted by Gasteiger charge is 2.33. The van der Waals surface area contributed by atoms with Crippen LogP contribution < -0.4 is 9.47 Å². The van der Waals surface area contributed by atoms with Gasteiger partial charge in [0.25, 0.3) is 0 Å². The highest BCUT2D eigenvalue weighted by Crippen LogP contribution is 2.45. The van der Waals surface area contributed by atoms with E-state index in [4.69, 9.17) is 9.47 Å². The molecule has 0 radical (unpaired) electrons. The number of phenols is 3. The molecular weight excluding hydrogens is 388 g/mol. The molecule has 0 saturated carbocycles. The van der Waals surface area contributed by atoms with Gasteiger partial charge in [-0.15, -0.1) is 0 Å². The molecule has 2 aromatic carbocycles. The molecule has 0 saturated heterocycles. The normalized spacial score (nSPS) is 16.0. The Kier molecular flexibility index (Phi) is 6.30. The van der Waals surface area contributed by atoms with E-state index < -0.39 is 6.10 Å². The van der Waals surface area contributed by atoms with Crippen molar-refractivity contribution >= 4 is 12.1 Å². The summed E-state index contributed by atoms with van der Waals surface area (Å²) in [5, 5.41) is 30.8. The average Bonchev–Trinajstić information content (AvgIpc) is 2.71. The van der Waals surface area contributed by atoms with Gasteiger partial charge >= 0.3 is 0 Å². The molecule has 0 fully saturated rings. The highest BCUT2D eigenvalue weighted by atomic mass is 16.5. The zero-order valence-corrected chi connectivity index (χ0v) is 16.8. The molecule has 30 heavy (non-hydrogen) atoms. The zero-order valence-electron chi connectivity index (χ0n) is 16.8. The fraction of sp³-hybridized carbons (Fsp3) is 0.304. The standard InChI is InChI=1S/C23H24O7/c1-13(4-3-9-24)5-7-15-17(26)11-21-22(23(15)28)18(27)12-19(30-21)14-6-8-16(25)20(10-14)29-2/h5-6,8-11,19,25-26,28H,3-4,7,12H2,1-2H3. The highest BCUT2D eigenvalue weighted by molar-refractivity contribution is 6.03. The number of rotatable bonds is 7. The molecule has 0 bridgehead atoms. The second kappa shape index (κ2) is 8.90. The maximum Gasteiger partial charge on any atom is 0.174 e. The number of carbonyl (C=O) groups excluding carboxylic acids is 2. The molecule has 1 atom stereocenters. The van der Waals surface area contributed by atoms with Gasteiger partial charge in [0.05, 0.1) is 13.5 Å². The molecular formula is C23H24O7. The van der Waals surface area contributed by atoms with Crippen molar-refractivity contribution in [3.8, 4) is 28.7 Å². The number of fused-ring (bicyclic) bond motifs is 1. The number of ketones is 1. The number of allylic oxidation sites excluding steroid dienone is 2. The molecule has 3 rings (SSSR count). The Morgan fingerprint density at radius 1 is 1.23 bits per heavy atom. The second-order valence-electron chi connectivity index (χ2n) is 7.22. The van der Waals surface area contributed by atoms with Gasteiger partial charge < -0.3 is 29.6 Å². The molecule has 1 aliphatic heterocycles. The van der Waals surface area contributed by atoms with Crippen molar-refractivity contribution in [1.82, 2.24) is 0 Å². The topological polar surface area (TPSA) is 113 Å². The number of ether oxygens (including phenoxy) is 2. The third kappa shape index (κ3) is 4.25.